The molecule has 9 heteroatoms. The molecule has 1 fully saturated rings. The van der Waals surface area contributed by atoms with Crippen molar-refractivity contribution in [3.8, 4) is 5.75 Å². The van der Waals surface area contributed by atoms with Gasteiger partial charge in [0.2, 0.25) is 0 Å². The molecule has 0 unspecified atom stereocenters. The number of carbonyl (C=O) groups is 2. The minimum Gasteiger partial charge on any atom is -0.494 e. The maximum absolute atomic E-state index is 13.0. The second-order valence-electron chi connectivity index (χ2n) is 7.65. The first-order valence-corrected chi connectivity index (χ1v) is 9.20. The number of likely N-dealkylation sites (tertiary alicyclic amines) is 1. The summed E-state index contributed by atoms with van der Waals surface area (Å²) >= 11 is 0. The van der Waals surface area contributed by atoms with Crippen LogP contribution in [0.3, 0.4) is 0 Å². The molecule has 1 aliphatic heterocycles. The molecule has 2 rings (SSSR count). The second-order valence-corrected chi connectivity index (χ2v) is 7.65. The Hall–Kier alpha value is -2.84. The number of anilines is 1. The Bertz CT molecular complexity index is 745. The van der Waals surface area contributed by atoms with Crippen LogP contribution in [0.1, 0.15) is 44.0 Å². The fourth-order valence-electron chi connectivity index (χ4n) is 3.14. The molecule has 28 heavy (non-hydrogen) atoms. The molecular weight excluding hydrogens is 364 g/mol. The largest absolute Gasteiger partial charge is 0.494 e. The first-order valence-electron chi connectivity index (χ1n) is 9.20. The topological polar surface area (TPSA) is 109 Å². The van der Waals surface area contributed by atoms with Gasteiger partial charge in [-0.3, -0.25) is 4.79 Å². The molecule has 0 saturated carbocycles. The van der Waals surface area contributed by atoms with Gasteiger partial charge in [-0.15, -0.1) is 4.91 Å². The van der Waals surface area contributed by atoms with Crippen molar-refractivity contribution in [1.82, 2.24) is 10.2 Å². The van der Waals surface area contributed by atoms with Crippen LogP contribution in [0.5, 0.6) is 5.75 Å². The van der Waals surface area contributed by atoms with E-state index in [-0.39, 0.29) is 17.6 Å². The number of alkyl carbamates (subject to hydrolysis) is 1. The summed E-state index contributed by atoms with van der Waals surface area (Å²) in [6.07, 6.45) is 1.00. The number of piperidine rings is 1. The van der Waals surface area contributed by atoms with E-state index in [1.54, 1.807) is 38.8 Å². The molecule has 1 atom stereocenters. The molecule has 1 aromatic carbocycles. The molecule has 2 amide bonds. The summed E-state index contributed by atoms with van der Waals surface area (Å²) < 4.78 is 10.6. The molecule has 0 aliphatic carbocycles. The number of nitrogens with zero attached hydrogens (tertiary/aromatic N) is 2. The van der Waals surface area contributed by atoms with Gasteiger partial charge in [0.1, 0.15) is 22.7 Å². The van der Waals surface area contributed by atoms with E-state index in [2.05, 4.69) is 15.8 Å². The van der Waals surface area contributed by atoms with E-state index in [1.807, 2.05) is 0 Å². The number of ether oxygens (including phenoxy) is 2. The molecule has 1 aliphatic rings. The summed E-state index contributed by atoms with van der Waals surface area (Å²) in [4.78, 5) is 37.8. The van der Waals surface area contributed by atoms with E-state index >= 15 is 0 Å². The Morgan fingerprint density at radius 3 is 2.57 bits per heavy atom. The summed E-state index contributed by atoms with van der Waals surface area (Å²) in [6, 6.07) is 2.82. The third-order valence-electron chi connectivity index (χ3n) is 4.33. The Morgan fingerprint density at radius 2 is 2.00 bits per heavy atom. The summed E-state index contributed by atoms with van der Waals surface area (Å²) in [5, 5.41) is 8.66. The van der Waals surface area contributed by atoms with Crippen molar-refractivity contribution in [2.24, 2.45) is 5.18 Å². The lowest BCUT2D eigenvalue weighted by molar-refractivity contribution is 0.0452. The standard InChI is InChI=1S/C19H28N4O5/c1-19(2,3)28-18(25)21-13-7-6-8-23(11-13)17(24)12-9-14(22-26)16(20-4)15(10-12)27-5/h9-10,13,20H,6-8,11H2,1-5H3,(H,21,25)/t13-/m1/s1. The zero-order valence-corrected chi connectivity index (χ0v) is 17.0. The normalized spacial score (nSPS) is 16.9. The zero-order chi connectivity index (χ0) is 20.9. The summed E-state index contributed by atoms with van der Waals surface area (Å²) in [7, 11) is 3.10. The summed E-state index contributed by atoms with van der Waals surface area (Å²) in [6.45, 7) is 6.31. The Kier molecular flexibility index (Phi) is 6.82. The molecule has 0 bridgehead atoms. The van der Waals surface area contributed by atoms with E-state index in [0.29, 0.717) is 30.1 Å². The number of hydrogen-bond acceptors (Lipinski definition) is 7. The number of amides is 2. The molecule has 1 saturated heterocycles. The molecular formula is C19H28N4O5. The maximum atomic E-state index is 13.0. The predicted molar refractivity (Wildman–Crippen MR) is 106 cm³/mol. The first kappa shape index (κ1) is 21.5. The average molecular weight is 392 g/mol. The van der Waals surface area contributed by atoms with Crippen LogP contribution in [0.4, 0.5) is 16.2 Å². The highest BCUT2D eigenvalue weighted by atomic mass is 16.6. The SMILES string of the molecule is CNc1c(N=O)cc(C(=O)N2CCC[C@@H](NC(=O)OC(C)(C)C)C2)cc1OC. The van der Waals surface area contributed by atoms with Crippen molar-refractivity contribution in [1.29, 1.82) is 0 Å². The number of rotatable bonds is 5. The highest BCUT2D eigenvalue weighted by Gasteiger charge is 2.28. The number of nitroso groups, excluding NO2 is 1. The number of benzene rings is 1. The van der Waals surface area contributed by atoms with E-state index in [9.17, 15) is 14.5 Å². The smallest absolute Gasteiger partial charge is 0.407 e. The third kappa shape index (κ3) is 5.34. The third-order valence-corrected chi connectivity index (χ3v) is 4.33. The number of hydrogen-bond donors (Lipinski definition) is 2. The van der Waals surface area contributed by atoms with Crippen molar-refractivity contribution in [2.45, 2.75) is 45.3 Å². The molecule has 0 aromatic heterocycles. The minimum atomic E-state index is -0.585. The van der Waals surface area contributed by atoms with Crippen molar-refractivity contribution in [3.05, 3.63) is 22.6 Å². The van der Waals surface area contributed by atoms with Crippen LogP contribution in [-0.4, -0.2) is 55.8 Å². The van der Waals surface area contributed by atoms with E-state index in [4.69, 9.17) is 9.47 Å². The van der Waals surface area contributed by atoms with Gasteiger partial charge in [0.15, 0.2) is 0 Å². The van der Waals surface area contributed by atoms with Gasteiger partial charge in [0, 0.05) is 31.7 Å². The lowest BCUT2D eigenvalue weighted by atomic mass is 10.0. The van der Waals surface area contributed by atoms with Crippen LogP contribution in [0, 0.1) is 4.91 Å². The minimum absolute atomic E-state index is 0.102. The molecule has 9 nitrogen and oxygen atoms in total. The van der Waals surface area contributed by atoms with Crippen molar-refractivity contribution < 1.29 is 19.1 Å². The monoisotopic (exact) mass is 392 g/mol. The van der Waals surface area contributed by atoms with Crippen LogP contribution in [0.15, 0.2) is 17.3 Å². The lowest BCUT2D eigenvalue weighted by Crippen LogP contribution is -2.50. The zero-order valence-electron chi connectivity index (χ0n) is 17.0. The average Bonchev–Trinajstić information content (AvgIpc) is 2.64. The van der Waals surface area contributed by atoms with Gasteiger partial charge in [-0.1, -0.05) is 0 Å². The lowest BCUT2D eigenvalue weighted by Gasteiger charge is -2.33. The molecule has 154 valence electrons. The number of carbonyl (C=O) groups excluding carboxylic acids is 2. The molecule has 0 radical (unpaired) electrons. The van der Waals surface area contributed by atoms with Gasteiger partial charge in [-0.05, 0) is 50.9 Å². The fraction of sp³-hybridized carbons (Fsp3) is 0.579. The van der Waals surface area contributed by atoms with Crippen LogP contribution < -0.4 is 15.4 Å². The van der Waals surface area contributed by atoms with E-state index in [1.165, 1.54) is 13.2 Å². The Labute approximate surface area is 164 Å². The molecule has 0 spiro atoms. The van der Waals surface area contributed by atoms with E-state index in [0.717, 1.165) is 12.8 Å². The van der Waals surface area contributed by atoms with Gasteiger partial charge in [-0.25, -0.2) is 4.79 Å². The van der Waals surface area contributed by atoms with Gasteiger partial charge in [-0.2, -0.15) is 0 Å². The predicted octanol–water partition coefficient (Wildman–Crippen LogP) is 3.26. The Balaban J connectivity index is 2.13. The van der Waals surface area contributed by atoms with Crippen LogP contribution >= 0.6 is 0 Å². The van der Waals surface area contributed by atoms with Crippen molar-refractivity contribution in [2.75, 3.05) is 32.6 Å². The summed E-state index contributed by atoms with van der Waals surface area (Å²) in [5.41, 5.74) is 0.254. The van der Waals surface area contributed by atoms with Gasteiger partial charge in [0.05, 0.1) is 7.11 Å². The molecule has 2 N–H and O–H groups in total. The van der Waals surface area contributed by atoms with Gasteiger partial charge >= 0.3 is 6.09 Å². The Morgan fingerprint density at radius 1 is 1.29 bits per heavy atom. The summed E-state index contributed by atoms with van der Waals surface area (Å²) in [5.74, 6) is 0.116. The molecule has 1 aromatic rings. The highest BCUT2D eigenvalue weighted by molar-refractivity contribution is 5.97. The van der Waals surface area contributed by atoms with Crippen LogP contribution in [0.2, 0.25) is 0 Å². The highest BCUT2D eigenvalue weighted by Crippen LogP contribution is 2.36. The second kappa shape index (κ2) is 8.90. The van der Waals surface area contributed by atoms with Crippen molar-refractivity contribution >= 4 is 23.4 Å². The van der Waals surface area contributed by atoms with Gasteiger partial charge in [0.25, 0.3) is 5.91 Å². The number of methoxy groups -OCH3 is 1. The maximum Gasteiger partial charge on any atom is 0.407 e. The van der Waals surface area contributed by atoms with Crippen LogP contribution in [0.25, 0.3) is 0 Å². The molecule has 1 heterocycles. The van der Waals surface area contributed by atoms with Crippen molar-refractivity contribution in [3.63, 3.8) is 0 Å². The van der Waals surface area contributed by atoms with Crippen LogP contribution in [-0.2, 0) is 4.74 Å². The van der Waals surface area contributed by atoms with Gasteiger partial charge < -0.3 is 25.0 Å². The quantitative estimate of drug-likeness (QED) is 0.745. The fourth-order valence-corrected chi connectivity index (χ4v) is 3.14. The van der Waals surface area contributed by atoms with E-state index < -0.39 is 11.7 Å². The number of nitrogens with one attached hydrogen (secondary N) is 2. The first-order chi connectivity index (χ1) is 13.2.